The van der Waals surface area contributed by atoms with Crippen molar-refractivity contribution in [2.75, 3.05) is 25.2 Å². The third-order valence-corrected chi connectivity index (χ3v) is 4.27. The van der Waals surface area contributed by atoms with Gasteiger partial charge in [-0.25, -0.2) is 4.98 Å². The highest BCUT2D eigenvalue weighted by molar-refractivity contribution is 7.13. The van der Waals surface area contributed by atoms with Crippen molar-refractivity contribution in [1.82, 2.24) is 4.98 Å². The van der Waals surface area contributed by atoms with Gasteiger partial charge in [0, 0.05) is 19.0 Å². The van der Waals surface area contributed by atoms with Crippen LogP contribution in [0.15, 0.2) is 5.38 Å². The largest absolute Gasteiger partial charge is 0.391 e. The van der Waals surface area contributed by atoms with Crippen molar-refractivity contribution in [3.05, 3.63) is 11.1 Å². The molecule has 0 aliphatic carbocycles. The van der Waals surface area contributed by atoms with E-state index in [1.807, 2.05) is 12.3 Å². The summed E-state index contributed by atoms with van der Waals surface area (Å²) in [5.74, 6) is 0. The summed E-state index contributed by atoms with van der Waals surface area (Å²) in [6.07, 6.45) is -0.0851. The average Bonchev–Trinajstić information content (AvgIpc) is 2.92. The number of nitrogens with zero attached hydrogens (tertiary/aromatic N) is 2. The fraction of sp³-hybridized carbons (Fsp3) is 0.750. The molecular weight excluding hydrogens is 268 g/mol. The first-order valence-electron chi connectivity index (χ1n) is 6.37. The molecule has 0 aromatic carbocycles. The van der Waals surface area contributed by atoms with Gasteiger partial charge in [0.1, 0.15) is 5.69 Å². The summed E-state index contributed by atoms with van der Waals surface area (Å²) >= 11 is 1.55. The predicted octanol–water partition coefficient (Wildman–Crippen LogP) is 1.12. The minimum Gasteiger partial charge on any atom is -0.391 e. The van der Waals surface area contributed by atoms with Gasteiger partial charge in [-0.2, -0.15) is 0 Å². The molecule has 3 heterocycles. The number of aromatic nitrogens is 1. The van der Waals surface area contributed by atoms with Crippen LogP contribution in [0.3, 0.4) is 0 Å². The first-order valence-corrected chi connectivity index (χ1v) is 7.25. The van der Waals surface area contributed by atoms with E-state index in [1.165, 1.54) is 0 Å². The van der Waals surface area contributed by atoms with Gasteiger partial charge in [0.2, 0.25) is 6.29 Å². The summed E-state index contributed by atoms with van der Waals surface area (Å²) in [6, 6.07) is 0.182. The monoisotopic (exact) mass is 286 g/mol. The van der Waals surface area contributed by atoms with Crippen molar-refractivity contribution < 1.29 is 19.3 Å². The van der Waals surface area contributed by atoms with Crippen LogP contribution >= 0.6 is 11.3 Å². The lowest BCUT2D eigenvalue weighted by Crippen LogP contribution is -2.34. The molecule has 2 aliphatic heterocycles. The second-order valence-electron chi connectivity index (χ2n) is 4.88. The lowest BCUT2D eigenvalue weighted by atomic mass is 10.2. The highest BCUT2D eigenvalue weighted by Crippen LogP contribution is 2.35. The SMILES string of the molecule is COC[C@H]1C[C@@H](O)CN1c1nc(C2OC(C)O2)cs1. The van der Waals surface area contributed by atoms with Gasteiger partial charge in [0.15, 0.2) is 11.4 Å². The Labute approximate surface area is 115 Å². The van der Waals surface area contributed by atoms with E-state index in [2.05, 4.69) is 9.88 Å². The first-order chi connectivity index (χ1) is 9.17. The fourth-order valence-electron chi connectivity index (χ4n) is 2.49. The maximum absolute atomic E-state index is 9.80. The molecule has 1 aromatic rings. The molecule has 2 aliphatic rings. The van der Waals surface area contributed by atoms with Gasteiger partial charge >= 0.3 is 0 Å². The molecule has 19 heavy (non-hydrogen) atoms. The Bertz CT molecular complexity index is 435. The fourth-order valence-corrected chi connectivity index (χ4v) is 3.40. The predicted molar refractivity (Wildman–Crippen MR) is 70.1 cm³/mol. The Morgan fingerprint density at radius 3 is 3.05 bits per heavy atom. The molecule has 1 aromatic heterocycles. The number of hydrogen-bond acceptors (Lipinski definition) is 7. The van der Waals surface area contributed by atoms with Crippen molar-refractivity contribution >= 4 is 16.5 Å². The molecule has 0 bridgehead atoms. The molecule has 0 radical (unpaired) electrons. The normalized spacial score (nSPS) is 34.6. The molecule has 7 heteroatoms. The lowest BCUT2D eigenvalue weighted by molar-refractivity contribution is -0.383. The quantitative estimate of drug-likeness (QED) is 0.895. The molecule has 0 saturated carbocycles. The Morgan fingerprint density at radius 2 is 2.37 bits per heavy atom. The van der Waals surface area contributed by atoms with Crippen LogP contribution < -0.4 is 4.90 Å². The zero-order chi connectivity index (χ0) is 13.4. The Balaban J connectivity index is 1.71. The van der Waals surface area contributed by atoms with Crippen LogP contribution in [0.2, 0.25) is 0 Å². The molecule has 2 fully saturated rings. The number of methoxy groups -OCH3 is 1. The number of thiazole rings is 1. The summed E-state index contributed by atoms with van der Waals surface area (Å²) < 4.78 is 16.1. The van der Waals surface area contributed by atoms with Gasteiger partial charge in [0.05, 0.1) is 18.8 Å². The molecule has 2 saturated heterocycles. The average molecular weight is 286 g/mol. The van der Waals surface area contributed by atoms with Crippen LogP contribution in [0.1, 0.15) is 25.3 Å². The number of aliphatic hydroxyl groups excluding tert-OH is 1. The van der Waals surface area contributed by atoms with Crippen LogP contribution in [-0.2, 0) is 14.2 Å². The zero-order valence-corrected chi connectivity index (χ0v) is 11.8. The van der Waals surface area contributed by atoms with Crippen molar-refractivity contribution in [3.8, 4) is 0 Å². The third-order valence-electron chi connectivity index (χ3n) is 3.38. The molecule has 1 N–H and O–H groups in total. The summed E-state index contributed by atoms with van der Waals surface area (Å²) in [5.41, 5.74) is 0.802. The van der Waals surface area contributed by atoms with E-state index in [9.17, 15) is 5.11 Å². The summed E-state index contributed by atoms with van der Waals surface area (Å²) in [7, 11) is 1.67. The van der Waals surface area contributed by atoms with Crippen molar-refractivity contribution in [3.63, 3.8) is 0 Å². The van der Waals surface area contributed by atoms with Gasteiger partial charge in [-0.1, -0.05) is 0 Å². The van der Waals surface area contributed by atoms with Crippen molar-refractivity contribution in [2.24, 2.45) is 0 Å². The number of β-amino-alcohol motifs (C(OH)–C–C–N with tert-alkyl or cyclic N) is 1. The second-order valence-corrected chi connectivity index (χ2v) is 5.71. The van der Waals surface area contributed by atoms with Crippen LogP contribution in [0.25, 0.3) is 0 Å². The smallest absolute Gasteiger partial charge is 0.207 e. The molecule has 6 nitrogen and oxygen atoms in total. The van der Waals surface area contributed by atoms with Crippen molar-refractivity contribution in [2.45, 2.75) is 38.1 Å². The molecule has 2 atom stereocenters. The molecule has 0 amide bonds. The van der Waals surface area contributed by atoms with E-state index in [4.69, 9.17) is 14.2 Å². The van der Waals surface area contributed by atoms with Crippen LogP contribution in [0.4, 0.5) is 5.13 Å². The topological polar surface area (TPSA) is 64.1 Å². The highest BCUT2D eigenvalue weighted by Gasteiger charge is 2.35. The van der Waals surface area contributed by atoms with Gasteiger partial charge in [-0.3, -0.25) is 0 Å². The summed E-state index contributed by atoms with van der Waals surface area (Å²) in [5, 5.41) is 12.6. The molecule has 0 spiro atoms. The second kappa shape index (κ2) is 5.34. The zero-order valence-electron chi connectivity index (χ0n) is 11.0. The van der Waals surface area contributed by atoms with Gasteiger partial charge in [0.25, 0.3) is 0 Å². The van der Waals surface area contributed by atoms with Crippen LogP contribution in [-0.4, -0.2) is 48.8 Å². The first kappa shape index (κ1) is 13.3. The van der Waals surface area contributed by atoms with Gasteiger partial charge in [-0.15, -0.1) is 11.3 Å². The van der Waals surface area contributed by atoms with E-state index in [0.29, 0.717) is 13.2 Å². The standard InChI is InChI=1S/C12H18N2O4S/c1-7-17-11(18-7)10-6-19-12(13-10)14-4-9(15)3-8(14)5-16-2/h6-9,11,15H,3-5H2,1-2H3/t7?,8-,9-,11?/m1/s1. The number of anilines is 1. The van der Waals surface area contributed by atoms with E-state index >= 15 is 0 Å². The Hall–Kier alpha value is -0.730. The number of rotatable bonds is 4. The minimum absolute atomic E-state index is 0.148. The molecule has 0 unspecified atom stereocenters. The van der Waals surface area contributed by atoms with Crippen LogP contribution in [0, 0.1) is 0 Å². The third kappa shape index (κ3) is 2.61. The maximum atomic E-state index is 9.80. The highest BCUT2D eigenvalue weighted by atomic mass is 32.1. The van der Waals surface area contributed by atoms with Gasteiger partial charge in [-0.05, 0) is 13.3 Å². The Kier molecular flexibility index (Phi) is 3.72. The molecule has 3 rings (SSSR count). The summed E-state index contributed by atoms with van der Waals surface area (Å²) in [6.45, 7) is 3.05. The number of hydrogen-bond donors (Lipinski definition) is 1. The minimum atomic E-state index is -0.339. The van der Waals surface area contributed by atoms with E-state index in [1.54, 1.807) is 18.4 Å². The number of aliphatic hydroxyl groups is 1. The molecule has 106 valence electrons. The Morgan fingerprint density at radius 1 is 1.58 bits per heavy atom. The number of ether oxygens (including phenoxy) is 3. The van der Waals surface area contributed by atoms with E-state index < -0.39 is 0 Å². The lowest BCUT2D eigenvalue weighted by Gasteiger charge is -2.32. The van der Waals surface area contributed by atoms with Crippen molar-refractivity contribution in [1.29, 1.82) is 0 Å². The summed E-state index contributed by atoms with van der Waals surface area (Å²) in [4.78, 5) is 6.65. The van der Waals surface area contributed by atoms with Gasteiger partial charge < -0.3 is 24.2 Å². The molecular formula is C12H18N2O4S. The van der Waals surface area contributed by atoms with E-state index in [-0.39, 0.29) is 24.7 Å². The van der Waals surface area contributed by atoms with Crippen LogP contribution in [0.5, 0.6) is 0 Å². The maximum Gasteiger partial charge on any atom is 0.207 e. The van der Waals surface area contributed by atoms with E-state index in [0.717, 1.165) is 17.2 Å².